The Morgan fingerprint density at radius 1 is 0.552 bits per heavy atom. The maximum atomic E-state index is 4.55. The van der Waals surface area contributed by atoms with Crippen molar-refractivity contribution < 1.29 is 0 Å². The molecule has 0 unspecified atom stereocenters. The average molecular weight is 389 g/mol. The van der Waals surface area contributed by atoms with E-state index < -0.39 is 7.92 Å². The standard InChI is InChI=1S/C27H20NP/c1-3-11-23(12-4-1)29(24-13-5-2-6-14-24)27-16-9-10-21-17-18-22(20-25(21)27)26-15-7-8-19-28-26/h1-20H. The summed E-state index contributed by atoms with van der Waals surface area (Å²) in [6.07, 6.45) is 1.85. The summed E-state index contributed by atoms with van der Waals surface area (Å²) in [6, 6.07) is 41.1. The van der Waals surface area contributed by atoms with Gasteiger partial charge in [0.15, 0.2) is 0 Å². The zero-order chi connectivity index (χ0) is 19.5. The van der Waals surface area contributed by atoms with Gasteiger partial charge in [-0.2, -0.15) is 0 Å². The van der Waals surface area contributed by atoms with Crippen LogP contribution in [0.25, 0.3) is 22.0 Å². The summed E-state index contributed by atoms with van der Waals surface area (Å²) in [5, 5.41) is 6.68. The Hall–Kier alpha value is -3.28. The van der Waals surface area contributed by atoms with Crippen LogP contribution in [0.5, 0.6) is 0 Å². The van der Waals surface area contributed by atoms with Crippen molar-refractivity contribution in [2.24, 2.45) is 0 Å². The minimum atomic E-state index is -0.647. The summed E-state index contributed by atoms with van der Waals surface area (Å²) in [6.45, 7) is 0. The quantitative estimate of drug-likeness (QED) is 0.362. The molecule has 4 aromatic carbocycles. The van der Waals surface area contributed by atoms with E-state index in [0.717, 1.165) is 11.3 Å². The molecule has 1 aromatic heterocycles. The molecule has 0 aliphatic rings. The van der Waals surface area contributed by atoms with Gasteiger partial charge in [-0.1, -0.05) is 97.1 Å². The highest BCUT2D eigenvalue weighted by atomic mass is 31.1. The molecule has 0 N–H and O–H groups in total. The van der Waals surface area contributed by atoms with Crippen LogP contribution in [0.3, 0.4) is 0 Å². The number of aromatic nitrogens is 1. The molecule has 138 valence electrons. The molecule has 0 amide bonds. The minimum absolute atomic E-state index is 0.647. The monoisotopic (exact) mass is 389 g/mol. The molecule has 0 saturated heterocycles. The van der Waals surface area contributed by atoms with Crippen molar-refractivity contribution in [1.82, 2.24) is 4.98 Å². The Morgan fingerprint density at radius 2 is 1.24 bits per heavy atom. The fraction of sp³-hybridized carbons (Fsp3) is 0. The molecule has 1 nitrogen and oxygen atoms in total. The molecule has 0 aliphatic heterocycles. The second-order valence-electron chi connectivity index (χ2n) is 6.93. The van der Waals surface area contributed by atoms with E-state index in [2.05, 4.69) is 108 Å². The van der Waals surface area contributed by atoms with Crippen LogP contribution in [0.15, 0.2) is 121 Å². The molecule has 5 rings (SSSR count). The largest absolute Gasteiger partial charge is 0.256 e. The Labute approximate surface area is 172 Å². The van der Waals surface area contributed by atoms with Crippen molar-refractivity contribution in [3.63, 3.8) is 0 Å². The molecule has 5 aromatic rings. The first-order valence-electron chi connectivity index (χ1n) is 9.74. The van der Waals surface area contributed by atoms with Gasteiger partial charge in [0.05, 0.1) is 5.69 Å². The number of hydrogen-bond donors (Lipinski definition) is 0. The van der Waals surface area contributed by atoms with Crippen molar-refractivity contribution in [1.29, 1.82) is 0 Å². The lowest BCUT2D eigenvalue weighted by molar-refractivity contribution is 1.33. The van der Waals surface area contributed by atoms with Gasteiger partial charge in [-0.15, -0.1) is 0 Å². The zero-order valence-corrected chi connectivity index (χ0v) is 16.8. The molecule has 2 heteroatoms. The zero-order valence-electron chi connectivity index (χ0n) is 15.9. The predicted molar refractivity (Wildman–Crippen MR) is 126 cm³/mol. The SMILES string of the molecule is c1ccc(P(c2ccccc2)c2cccc3ccc(-c4ccccn4)cc23)cc1. The van der Waals surface area contributed by atoms with Gasteiger partial charge in [0.2, 0.25) is 0 Å². The highest BCUT2D eigenvalue weighted by molar-refractivity contribution is 7.80. The topological polar surface area (TPSA) is 12.9 Å². The van der Waals surface area contributed by atoms with Gasteiger partial charge in [-0.25, -0.2) is 0 Å². The molecule has 1 heterocycles. The van der Waals surface area contributed by atoms with Crippen LogP contribution in [0.4, 0.5) is 0 Å². The molecular formula is C27H20NP. The van der Waals surface area contributed by atoms with Crippen molar-refractivity contribution >= 4 is 34.6 Å². The second-order valence-corrected chi connectivity index (χ2v) is 9.12. The summed E-state index contributed by atoms with van der Waals surface area (Å²) in [7, 11) is -0.647. The molecule has 0 fully saturated rings. The number of nitrogens with zero attached hydrogens (tertiary/aromatic N) is 1. The van der Waals surface area contributed by atoms with Gasteiger partial charge < -0.3 is 0 Å². The lowest BCUT2D eigenvalue weighted by Gasteiger charge is -2.21. The second kappa shape index (κ2) is 7.99. The average Bonchev–Trinajstić information content (AvgIpc) is 2.81. The third kappa shape index (κ3) is 3.58. The van der Waals surface area contributed by atoms with Gasteiger partial charge in [-0.05, 0) is 52.8 Å². The van der Waals surface area contributed by atoms with Gasteiger partial charge in [0.25, 0.3) is 0 Å². The maximum absolute atomic E-state index is 4.55. The van der Waals surface area contributed by atoms with E-state index in [9.17, 15) is 0 Å². The number of rotatable bonds is 4. The van der Waals surface area contributed by atoms with Crippen molar-refractivity contribution in [2.75, 3.05) is 0 Å². The molecule has 0 radical (unpaired) electrons. The van der Waals surface area contributed by atoms with Crippen LogP contribution in [0, 0.1) is 0 Å². The van der Waals surface area contributed by atoms with Crippen LogP contribution in [0.1, 0.15) is 0 Å². The van der Waals surface area contributed by atoms with Crippen LogP contribution in [-0.4, -0.2) is 4.98 Å². The first-order valence-corrected chi connectivity index (χ1v) is 11.1. The molecule has 0 saturated carbocycles. The van der Waals surface area contributed by atoms with Crippen LogP contribution in [0.2, 0.25) is 0 Å². The first kappa shape index (κ1) is 17.8. The lowest BCUT2D eigenvalue weighted by atomic mass is 10.0. The van der Waals surface area contributed by atoms with E-state index in [-0.39, 0.29) is 0 Å². The molecule has 0 aliphatic carbocycles. The smallest absolute Gasteiger partial charge is 0.0702 e. The minimum Gasteiger partial charge on any atom is -0.256 e. The molecular weight excluding hydrogens is 369 g/mol. The Balaban J connectivity index is 1.75. The van der Waals surface area contributed by atoms with Crippen LogP contribution in [-0.2, 0) is 0 Å². The molecule has 0 spiro atoms. The maximum Gasteiger partial charge on any atom is 0.0702 e. The van der Waals surface area contributed by atoms with Crippen molar-refractivity contribution in [2.45, 2.75) is 0 Å². The summed E-state index contributed by atoms with van der Waals surface area (Å²) >= 11 is 0. The number of benzene rings is 4. The van der Waals surface area contributed by atoms with E-state index in [1.165, 1.54) is 26.7 Å². The Kier molecular flexibility index (Phi) is 4.90. The van der Waals surface area contributed by atoms with E-state index in [4.69, 9.17) is 0 Å². The number of fused-ring (bicyclic) bond motifs is 1. The van der Waals surface area contributed by atoms with Gasteiger partial charge in [0.1, 0.15) is 0 Å². The summed E-state index contributed by atoms with van der Waals surface area (Å²) in [5.74, 6) is 0. The third-order valence-corrected chi connectivity index (χ3v) is 7.59. The molecule has 29 heavy (non-hydrogen) atoms. The van der Waals surface area contributed by atoms with E-state index in [1.807, 2.05) is 18.3 Å². The highest BCUT2D eigenvalue weighted by Gasteiger charge is 2.18. The third-order valence-electron chi connectivity index (χ3n) is 5.09. The first-order chi connectivity index (χ1) is 14.4. The predicted octanol–water partition coefficient (Wildman–Crippen LogP) is 5.66. The van der Waals surface area contributed by atoms with Crippen LogP contribution >= 0.6 is 7.92 Å². The molecule has 0 bridgehead atoms. The van der Waals surface area contributed by atoms with Gasteiger partial charge in [0, 0.05) is 11.8 Å². The Bertz CT molecular complexity index is 1200. The summed E-state index contributed by atoms with van der Waals surface area (Å²) < 4.78 is 0. The number of hydrogen-bond acceptors (Lipinski definition) is 1. The highest BCUT2D eigenvalue weighted by Crippen LogP contribution is 2.36. The summed E-state index contributed by atoms with van der Waals surface area (Å²) in [4.78, 5) is 4.55. The van der Waals surface area contributed by atoms with Gasteiger partial charge >= 0.3 is 0 Å². The van der Waals surface area contributed by atoms with Gasteiger partial charge in [-0.3, -0.25) is 4.98 Å². The summed E-state index contributed by atoms with van der Waals surface area (Å²) in [5.41, 5.74) is 2.16. The van der Waals surface area contributed by atoms with E-state index in [0.29, 0.717) is 0 Å². The van der Waals surface area contributed by atoms with E-state index in [1.54, 1.807) is 0 Å². The molecule has 0 atom stereocenters. The fourth-order valence-electron chi connectivity index (χ4n) is 3.73. The van der Waals surface area contributed by atoms with Crippen LogP contribution < -0.4 is 15.9 Å². The fourth-order valence-corrected chi connectivity index (χ4v) is 6.19. The number of pyridine rings is 1. The van der Waals surface area contributed by atoms with Crippen molar-refractivity contribution in [3.8, 4) is 11.3 Å². The Morgan fingerprint density at radius 3 is 1.90 bits per heavy atom. The van der Waals surface area contributed by atoms with E-state index >= 15 is 0 Å². The van der Waals surface area contributed by atoms with Crippen molar-refractivity contribution in [3.05, 3.63) is 121 Å². The normalized spacial score (nSPS) is 11.1. The lowest BCUT2D eigenvalue weighted by Crippen LogP contribution is -2.21.